The molecule has 0 saturated heterocycles. The monoisotopic (exact) mass is 556 g/mol. The predicted octanol–water partition coefficient (Wildman–Crippen LogP) is 2.81. The predicted molar refractivity (Wildman–Crippen MR) is 137 cm³/mol. The van der Waals surface area contributed by atoms with Crippen LogP contribution >= 0.6 is 24.0 Å². The number of benzene rings is 2. The molecule has 176 valence electrons. The Labute approximate surface area is 207 Å². The van der Waals surface area contributed by atoms with E-state index in [2.05, 4.69) is 15.6 Å². The standard InChI is InChI=1S/C23H32N4O4.HI/c1-6-24-23(25-14-16-7-9-17(10-8-16)22(29)27(2)3)26-15-20(28)19-13-18(30-4)11-12-21(19)31-5;/h7-13,20,28H,6,14-15H2,1-5H3,(H2,24,25,26);1H. The van der Waals surface area contributed by atoms with Gasteiger partial charge < -0.3 is 30.1 Å². The number of aliphatic hydroxyl groups excluding tert-OH is 1. The maximum absolute atomic E-state index is 12.0. The minimum atomic E-state index is -0.815. The van der Waals surface area contributed by atoms with E-state index < -0.39 is 6.10 Å². The first kappa shape index (κ1) is 27.5. The van der Waals surface area contributed by atoms with Crippen LogP contribution in [0.4, 0.5) is 0 Å². The fraction of sp³-hybridized carbons (Fsp3) is 0.391. The summed E-state index contributed by atoms with van der Waals surface area (Å²) in [6, 6.07) is 12.7. The molecule has 0 spiro atoms. The minimum Gasteiger partial charge on any atom is -0.497 e. The van der Waals surface area contributed by atoms with Crippen molar-refractivity contribution in [3.8, 4) is 11.5 Å². The average Bonchev–Trinajstić information content (AvgIpc) is 2.79. The van der Waals surface area contributed by atoms with Gasteiger partial charge >= 0.3 is 0 Å². The number of ether oxygens (including phenoxy) is 2. The third-order valence-corrected chi connectivity index (χ3v) is 4.63. The van der Waals surface area contributed by atoms with Crippen LogP contribution in [-0.4, -0.2) is 63.3 Å². The molecule has 9 heteroatoms. The number of amides is 1. The van der Waals surface area contributed by atoms with Crippen LogP contribution in [0.3, 0.4) is 0 Å². The van der Waals surface area contributed by atoms with Crippen molar-refractivity contribution in [3.05, 3.63) is 59.2 Å². The number of nitrogens with one attached hydrogen (secondary N) is 2. The summed E-state index contributed by atoms with van der Waals surface area (Å²) in [5.41, 5.74) is 2.24. The van der Waals surface area contributed by atoms with Gasteiger partial charge in [0.25, 0.3) is 5.91 Å². The lowest BCUT2D eigenvalue weighted by Gasteiger charge is -2.18. The number of guanidine groups is 1. The van der Waals surface area contributed by atoms with E-state index in [1.54, 1.807) is 63.5 Å². The number of aliphatic hydroxyl groups is 1. The SMILES string of the molecule is CCNC(=NCc1ccc(C(=O)N(C)C)cc1)NCC(O)c1cc(OC)ccc1OC.I. The number of halogens is 1. The minimum absolute atomic E-state index is 0. The van der Waals surface area contributed by atoms with Crippen LogP contribution in [0.1, 0.15) is 34.5 Å². The lowest BCUT2D eigenvalue weighted by atomic mass is 10.1. The van der Waals surface area contributed by atoms with Crippen LogP contribution in [0.25, 0.3) is 0 Å². The van der Waals surface area contributed by atoms with E-state index in [9.17, 15) is 9.90 Å². The second-order valence-electron chi connectivity index (χ2n) is 7.10. The van der Waals surface area contributed by atoms with Crippen molar-refractivity contribution < 1.29 is 19.4 Å². The summed E-state index contributed by atoms with van der Waals surface area (Å²) in [5.74, 6) is 1.78. The first-order valence-corrected chi connectivity index (χ1v) is 10.1. The molecule has 2 aromatic rings. The smallest absolute Gasteiger partial charge is 0.253 e. The van der Waals surface area contributed by atoms with E-state index in [0.717, 1.165) is 5.56 Å². The van der Waals surface area contributed by atoms with Crippen molar-refractivity contribution in [2.45, 2.75) is 19.6 Å². The topological polar surface area (TPSA) is 95.4 Å². The highest BCUT2D eigenvalue weighted by Crippen LogP contribution is 2.29. The zero-order chi connectivity index (χ0) is 22.8. The molecular formula is C23H33IN4O4. The highest BCUT2D eigenvalue weighted by molar-refractivity contribution is 14.0. The van der Waals surface area contributed by atoms with Crippen molar-refractivity contribution in [2.75, 3.05) is 41.4 Å². The van der Waals surface area contributed by atoms with E-state index in [-0.39, 0.29) is 36.4 Å². The van der Waals surface area contributed by atoms with Gasteiger partial charge in [-0.2, -0.15) is 0 Å². The Kier molecular flexibility index (Phi) is 11.9. The summed E-state index contributed by atoms with van der Waals surface area (Å²) in [4.78, 5) is 18.1. The van der Waals surface area contributed by atoms with Gasteiger partial charge in [0, 0.05) is 38.3 Å². The molecule has 0 bridgehead atoms. The van der Waals surface area contributed by atoms with Gasteiger partial charge in [-0.25, -0.2) is 4.99 Å². The lowest BCUT2D eigenvalue weighted by Crippen LogP contribution is -2.39. The third-order valence-electron chi connectivity index (χ3n) is 4.63. The van der Waals surface area contributed by atoms with Gasteiger partial charge in [-0.05, 0) is 42.8 Å². The highest BCUT2D eigenvalue weighted by Gasteiger charge is 2.15. The van der Waals surface area contributed by atoms with Crippen LogP contribution in [0, 0.1) is 0 Å². The molecule has 32 heavy (non-hydrogen) atoms. The molecule has 0 heterocycles. The zero-order valence-electron chi connectivity index (χ0n) is 19.2. The first-order valence-electron chi connectivity index (χ1n) is 10.1. The summed E-state index contributed by atoms with van der Waals surface area (Å²) in [7, 11) is 6.60. The Balaban J connectivity index is 0.00000512. The van der Waals surface area contributed by atoms with Crippen molar-refractivity contribution in [2.24, 2.45) is 4.99 Å². The Morgan fingerprint density at radius 3 is 2.34 bits per heavy atom. The third kappa shape index (κ3) is 7.86. The largest absolute Gasteiger partial charge is 0.497 e. The summed E-state index contributed by atoms with van der Waals surface area (Å²) in [5, 5.41) is 17.0. The molecule has 0 radical (unpaired) electrons. The first-order chi connectivity index (χ1) is 14.9. The molecule has 0 aromatic heterocycles. The van der Waals surface area contributed by atoms with E-state index in [0.29, 0.717) is 41.7 Å². The second-order valence-corrected chi connectivity index (χ2v) is 7.10. The van der Waals surface area contributed by atoms with Gasteiger partial charge in [0.15, 0.2) is 5.96 Å². The maximum Gasteiger partial charge on any atom is 0.253 e. The molecule has 0 aliphatic carbocycles. The molecule has 2 aromatic carbocycles. The Morgan fingerprint density at radius 2 is 1.78 bits per heavy atom. The molecule has 8 nitrogen and oxygen atoms in total. The van der Waals surface area contributed by atoms with Gasteiger partial charge in [-0.3, -0.25) is 4.79 Å². The van der Waals surface area contributed by atoms with E-state index >= 15 is 0 Å². The lowest BCUT2D eigenvalue weighted by molar-refractivity contribution is 0.0827. The van der Waals surface area contributed by atoms with Gasteiger partial charge in [0.2, 0.25) is 0 Å². The maximum atomic E-state index is 12.0. The van der Waals surface area contributed by atoms with E-state index in [1.807, 2.05) is 19.1 Å². The summed E-state index contributed by atoms with van der Waals surface area (Å²) in [6.07, 6.45) is -0.815. The second kappa shape index (κ2) is 13.8. The summed E-state index contributed by atoms with van der Waals surface area (Å²) >= 11 is 0. The van der Waals surface area contributed by atoms with Crippen molar-refractivity contribution in [3.63, 3.8) is 0 Å². The quantitative estimate of drug-likeness (QED) is 0.250. The van der Waals surface area contributed by atoms with Crippen LogP contribution in [0.2, 0.25) is 0 Å². The van der Waals surface area contributed by atoms with Crippen LogP contribution in [0.15, 0.2) is 47.5 Å². The molecular weight excluding hydrogens is 523 g/mol. The normalized spacial score (nSPS) is 11.8. The number of nitrogens with zero attached hydrogens (tertiary/aromatic N) is 2. The number of carbonyl (C=O) groups excluding carboxylic acids is 1. The zero-order valence-corrected chi connectivity index (χ0v) is 21.5. The van der Waals surface area contributed by atoms with Crippen molar-refractivity contribution in [1.82, 2.24) is 15.5 Å². The molecule has 2 rings (SSSR count). The molecule has 0 aliphatic heterocycles. The molecule has 0 saturated carbocycles. The van der Waals surface area contributed by atoms with Crippen molar-refractivity contribution in [1.29, 1.82) is 0 Å². The number of hydrogen-bond donors (Lipinski definition) is 3. The molecule has 0 aliphatic rings. The Morgan fingerprint density at radius 1 is 1.09 bits per heavy atom. The van der Waals surface area contributed by atoms with Crippen molar-refractivity contribution >= 4 is 35.8 Å². The van der Waals surface area contributed by atoms with E-state index in [4.69, 9.17) is 9.47 Å². The van der Waals surface area contributed by atoms with Gasteiger partial charge in [-0.1, -0.05) is 12.1 Å². The molecule has 3 N–H and O–H groups in total. The summed E-state index contributed by atoms with van der Waals surface area (Å²) in [6.45, 7) is 3.33. The van der Waals surface area contributed by atoms with Crippen LogP contribution in [-0.2, 0) is 6.54 Å². The average molecular weight is 556 g/mol. The summed E-state index contributed by atoms with van der Waals surface area (Å²) < 4.78 is 10.6. The molecule has 1 atom stereocenters. The number of aliphatic imine (C=N–C) groups is 1. The number of carbonyl (C=O) groups is 1. The molecule has 1 amide bonds. The van der Waals surface area contributed by atoms with Gasteiger partial charge in [0.1, 0.15) is 11.5 Å². The molecule has 1 unspecified atom stereocenters. The van der Waals surface area contributed by atoms with E-state index in [1.165, 1.54) is 0 Å². The van der Waals surface area contributed by atoms with Gasteiger partial charge in [-0.15, -0.1) is 24.0 Å². The fourth-order valence-electron chi connectivity index (χ4n) is 2.93. The van der Waals surface area contributed by atoms with Gasteiger partial charge in [0.05, 0.1) is 26.9 Å². The Bertz CT molecular complexity index is 888. The number of rotatable bonds is 9. The highest BCUT2D eigenvalue weighted by atomic mass is 127. The number of methoxy groups -OCH3 is 2. The molecule has 0 fully saturated rings. The fourth-order valence-corrected chi connectivity index (χ4v) is 2.93. The van der Waals surface area contributed by atoms with Crippen LogP contribution in [0.5, 0.6) is 11.5 Å². The van der Waals surface area contributed by atoms with Crippen LogP contribution < -0.4 is 20.1 Å². The number of hydrogen-bond acceptors (Lipinski definition) is 5. The Hall–Kier alpha value is -2.53.